The Bertz CT molecular complexity index is 846. The Morgan fingerprint density at radius 3 is 2.00 bits per heavy atom. The van der Waals surface area contributed by atoms with Gasteiger partial charge in [0.25, 0.3) is 0 Å². The van der Waals surface area contributed by atoms with Crippen molar-refractivity contribution in [3.63, 3.8) is 0 Å². The summed E-state index contributed by atoms with van der Waals surface area (Å²) in [5.74, 6) is -0.263. The van der Waals surface area contributed by atoms with Crippen molar-refractivity contribution in [2.24, 2.45) is 0 Å². The van der Waals surface area contributed by atoms with E-state index in [2.05, 4.69) is 31.0 Å². The lowest BCUT2D eigenvalue weighted by atomic mass is 9.87. The standard InChI is InChI=1S/C23H29N3O3/c1-23(2,3)17-5-7-18(8-6-17)24-21(27)22(28)26-15-13-25(14-16-26)19-9-11-20(29-4)12-10-19/h5-12H,13-16H2,1-4H3,(H,24,27). The van der Waals surface area contributed by atoms with Crippen molar-refractivity contribution in [3.05, 3.63) is 54.1 Å². The molecule has 29 heavy (non-hydrogen) atoms. The molecule has 6 nitrogen and oxygen atoms in total. The summed E-state index contributed by atoms with van der Waals surface area (Å²) in [5.41, 5.74) is 2.94. The maximum absolute atomic E-state index is 12.5. The van der Waals surface area contributed by atoms with E-state index in [4.69, 9.17) is 4.74 Å². The van der Waals surface area contributed by atoms with Crippen LogP contribution in [0.5, 0.6) is 5.75 Å². The number of carbonyl (C=O) groups excluding carboxylic acids is 2. The molecule has 0 atom stereocenters. The van der Waals surface area contributed by atoms with Gasteiger partial charge in [-0.05, 0) is 47.4 Å². The average molecular weight is 396 g/mol. The number of carbonyl (C=O) groups is 2. The molecule has 0 saturated carbocycles. The number of nitrogens with one attached hydrogen (secondary N) is 1. The fraction of sp³-hybridized carbons (Fsp3) is 0.391. The minimum atomic E-state index is -0.591. The maximum atomic E-state index is 12.5. The quantitative estimate of drug-likeness (QED) is 0.811. The summed E-state index contributed by atoms with van der Waals surface area (Å²) in [5, 5.41) is 2.72. The number of hydrogen-bond acceptors (Lipinski definition) is 4. The Morgan fingerprint density at radius 2 is 1.48 bits per heavy atom. The number of rotatable bonds is 3. The van der Waals surface area contributed by atoms with Gasteiger partial charge < -0.3 is 19.9 Å². The molecule has 0 bridgehead atoms. The van der Waals surface area contributed by atoms with Crippen LogP contribution >= 0.6 is 0 Å². The van der Waals surface area contributed by atoms with Crippen LogP contribution in [0.25, 0.3) is 0 Å². The van der Waals surface area contributed by atoms with Crippen LogP contribution in [0.15, 0.2) is 48.5 Å². The van der Waals surface area contributed by atoms with Crippen molar-refractivity contribution in [2.75, 3.05) is 43.5 Å². The van der Waals surface area contributed by atoms with Crippen molar-refractivity contribution in [1.82, 2.24) is 4.90 Å². The number of methoxy groups -OCH3 is 1. The molecule has 1 saturated heterocycles. The predicted octanol–water partition coefficient (Wildman–Crippen LogP) is 3.28. The largest absolute Gasteiger partial charge is 0.497 e. The molecular weight excluding hydrogens is 366 g/mol. The number of ether oxygens (including phenoxy) is 1. The van der Waals surface area contributed by atoms with Gasteiger partial charge in [-0.1, -0.05) is 32.9 Å². The number of amides is 2. The topological polar surface area (TPSA) is 61.9 Å². The number of nitrogens with zero attached hydrogens (tertiary/aromatic N) is 2. The Labute approximate surface area is 172 Å². The first-order valence-corrected chi connectivity index (χ1v) is 9.88. The van der Waals surface area contributed by atoms with Crippen LogP contribution in [0.4, 0.5) is 11.4 Å². The van der Waals surface area contributed by atoms with E-state index < -0.39 is 11.8 Å². The number of piperazine rings is 1. The van der Waals surface area contributed by atoms with Gasteiger partial charge in [-0.25, -0.2) is 0 Å². The molecule has 0 radical (unpaired) electrons. The smallest absolute Gasteiger partial charge is 0.313 e. The molecule has 1 aliphatic heterocycles. The third-order valence-electron chi connectivity index (χ3n) is 5.21. The molecule has 1 N–H and O–H groups in total. The van der Waals surface area contributed by atoms with Gasteiger partial charge in [0.1, 0.15) is 5.75 Å². The van der Waals surface area contributed by atoms with Gasteiger partial charge in [0, 0.05) is 37.6 Å². The number of hydrogen-bond donors (Lipinski definition) is 1. The van der Waals surface area contributed by atoms with Crippen molar-refractivity contribution in [3.8, 4) is 5.75 Å². The van der Waals surface area contributed by atoms with Crippen molar-refractivity contribution in [1.29, 1.82) is 0 Å². The molecule has 3 rings (SSSR count). The van der Waals surface area contributed by atoms with Crippen LogP contribution in [0.3, 0.4) is 0 Å². The summed E-state index contributed by atoms with van der Waals surface area (Å²) >= 11 is 0. The van der Waals surface area contributed by atoms with Gasteiger partial charge in [-0.15, -0.1) is 0 Å². The Kier molecular flexibility index (Phi) is 6.11. The number of anilines is 2. The highest BCUT2D eigenvalue weighted by Crippen LogP contribution is 2.24. The molecule has 1 fully saturated rings. The van der Waals surface area contributed by atoms with Crippen LogP contribution in [0.1, 0.15) is 26.3 Å². The van der Waals surface area contributed by atoms with Gasteiger partial charge in [0.15, 0.2) is 0 Å². The molecule has 2 aromatic carbocycles. The molecule has 6 heteroatoms. The zero-order chi connectivity index (χ0) is 21.0. The lowest BCUT2D eigenvalue weighted by Gasteiger charge is -2.35. The number of benzene rings is 2. The SMILES string of the molecule is COc1ccc(N2CCN(C(=O)C(=O)Nc3ccc(C(C)(C)C)cc3)CC2)cc1. The molecule has 0 aliphatic carbocycles. The molecule has 154 valence electrons. The second-order valence-corrected chi connectivity index (χ2v) is 8.26. The Hall–Kier alpha value is -3.02. The second kappa shape index (κ2) is 8.55. The zero-order valence-electron chi connectivity index (χ0n) is 17.6. The van der Waals surface area contributed by atoms with Gasteiger partial charge in [0.05, 0.1) is 7.11 Å². The summed E-state index contributed by atoms with van der Waals surface area (Å²) in [6.45, 7) is 8.81. The first-order chi connectivity index (χ1) is 13.8. The summed E-state index contributed by atoms with van der Waals surface area (Å²) in [6.07, 6.45) is 0. The molecule has 2 amide bonds. The van der Waals surface area contributed by atoms with Crippen molar-refractivity contribution < 1.29 is 14.3 Å². The van der Waals surface area contributed by atoms with Gasteiger partial charge in [-0.2, -0.15) is 0 Å². The molecule has 1 aliphatic rings. The van der Waals surface area contributed by atoms with Crippen LogP contribution in [-0.2, 0) is 15.0 Å². The lowest BCUT2D eigenvalue weighted by Crippen LogP contribution is -2.51. The van der Waals surface area contributed by atoms with Crippen LogP contribution < -0.4 is 15.0 Å². The fourth-order valence-corrected chi connectivity index (χ4v) is 3.34. The summed E-state index contributed by atoms with van der Waals surface area (Å²) in [6, 6.07) is 15.5. The average Bonchev–Trinajstić information content (AvgIpc) is 2.73. The summed E-state index contributed by atoms with van der Waals surface area (Å²) < 4.78 is 5.19. The van der Waals surface area contributed by atoms with E-state index in [-0.39, 0.29) is 5.41 Å². The van der Waals surface area contributed by atoms with E-state index in [0.717, 1.165) is 11.4 Å². The van der Waals surface area contributed by atoms with E-state index in [9.17, 15) is 9.59 Å². The maximum Gasteiger partial charge on any atom is 0.313 e. The first-order valence-electron chi connectivity index (χ1n) is 9.88. The third kappa shape index (κ3) is 5.08. The van der Waals surface area contributed by atoms with E-state index >= 15 is 0 Å². The second-order valence-electron chi connectivity index (χ2n) is 8.26. The highest BCUT2D eigenvalue weighted by Gasteiger charge is 2.26. The van der Waals surface area contributed by atoms with Gasteiger partial charge in [0.2, 0.25) is 0 Å². The highest BCUT2D eigenvalue weighted by atomic mass is 16.5. The van der Waals surface area contributed by atoms with E-state index in [0.29, 0.717) is 31.9 Å². The van der Waals surface area contributed by atoms with E-state index in [1.807, 2.05) is 48.5 Å². The molecule has 2 aromatic rings. The molecule has 0 unspecified atom stereocenters. The first kappa shape index (κ1) is 20.7. The molecule has 1 heterocycles. The molecule has 0 spiro atoms. The fourth-order valence-electron chi connectivity index (χ4n) is 3.34. The van der Waals surface area contributed by atoms with Gasteiger partial charge >= 0.3 is 11.8 Å². The van der Waals surface area contributed by atoms with Crippen LogP contribution in [-0.4, -0.2) is 50.0 Å². The molecular formula is C23H29N3O3. The Balaban J connectivity index is 1.53. The minimum absolute atomic E-state index is 0.0436. The van der Waals surface area contributed by atoms with Crippen LogP contribution in [0.2, 0.25) is 0 Å². The van der Waals surface area contributed by atoms with Crippen molar-refractivity contribution in [2.45, 2.75) is 26.2 Å². The van der Waals surface area contributed by atoms with Gasteiger partial charge in [-0.3, -0.25) is 9.59 Å². The summed E-state index contributed by atoms with van der Waals surface area (Å²) in [4.78, 5) is 28.7. The normalized spacial score (nSPS) is 14.5. The Morgan fingerprint density at radius 1 is 0.897 bits per heavy atom. The monoisotopic (exact) mass is 395 g/mol. The highest BCUT2D eigenvalue weighted by molar-refractivity contribution is 6.39. The van der Waals surface area contributed by atoms with Crippen molar-refractivity contribution >= 4 is 23.2 Å². The summed E-state index contributed by atoms with van der Waals surface area (Å²) in [7, 11) is 1.64. The van der Waals surface area contributed by atoms with Crippen LogP contribution in [0, 0.1) is 0 Å². The molecule has 0 aromatic heterocycles. The van der Waals surface area contributed by atoms with E-state index in [1.54, 1.807) is 12.0 Å². The third-order valence-corrected chi connectivity index (χ3v) is 5.21. The minimum Gasteiger partial charge on any atom is -0.497 e. The van der Waals surface area contributed by atoms with E-state index in [1.165, 1.54) is 5.56 Å². The predicted molar refractivity (Wildman–Crippen MR) is 116 cm³/mol. The lowest BCUT2D eigenvalue weighted by molar-refractivity contribution is -0.143. The zero-order valence-corrected chi connectivity index (χ0v) is 17.6.